The molecular weight excluding hydrogens is 154 g/mol. The van der Waals surface area contributed by atoms with Crippen LogP contribution in [0.2, 0.25) is 0 Å². The molecule has 0 aromatic carbocycles. The molecule has 0 aliphatic rings. The predicted octanol–water partition coefficient (Wildman–Crippen LogP) is 3.05. The number of thiazole rings is 1. The van der Waals surface area contributed by atoms with Crippen LogP contribution >= 0.6 is 11.3 Å². The van der Waals surface area contributed by atoms with Gasteiger partial charge in [0.15, 0.2) is 0 Å². The highest BCUT2D eigenvalue weighted by molar-refractivity contribution is 7.11. The van der Waals surface area contributed by atoms with E-state index < -0.39 is 0 Å². The van der Waals surface area contributed by atoms with Gasteiger partial charge < -0.3 is 0 Å². The highest BCUT2D eigenvalue weighted by Crippen LogP contribution is 2.15. The lowest BCUT2D eigenvalue weighted by Gasteiger charge is -1.88. The molecule has 1 rings (SSSR count). The van der Waals surface area contributed by atoms with Gasteiger partial charge in [-0.15, -0.1) is 11.3 Å². The number of aromatic nitrogens is 1. The van der Waals surface area contributed by atoms with Crippen LogP contribution in [0.25, 0.3) is 0 Å². The maximum atomic E-state index is 4.34. The first-order valence-corrected chi connectivity index (χ1v) is 5.12. The van der Waals surface area contributed by atoms with Crippen molar-refractivity contribution >= 4 is 11.3 Å². The summed E-state index contributed by atoms with van der Waals surface area (Å²) in [5.41, 5.74) is 0. The van der Waals surface area contributed by atoms with Crippen LogP contribution in [0.5, 0.6) is 0 Å². The van der Waals surface area contributed by atoms with Gasteiger partial charge in [-0.05, 0) is 19.3 Å². The van der Waals surface area contributed by atoms with Crippen LogP contribution in [0.3, 0.4) is 0 Å². The van der Waals surface area contributed by atoms with Gasteiger partial charge in [0.05, 0.1) is 5.01 Å². The minimum Gasteiger partial charge on any atom is -0.249 e. The summed E-state index contributed by atoms with van der Waals surface area (Å²) < 4.78 is 0. The molecule has 0 unspecified atom stereocenters. The number of nitrogens with zero attached hydrogens (tertiary/aromatic N) is 1. The van der Waals surface area contributed by atoms with Crippen LogP contribution in [0, 0.1) is 0 Å². The van der Waals surface area contributed by atoms with E-state index >= 15 is 0 Å². The van der Waals surface area contributed by atoms with Gasteiger partial charge in [-0.3, -0.25) is 0 Å². The molecule has 0 fully saturated rings. The smallest absolute Gasteiger partial charge is 0.0927 e. The average molecular weight is 169 g/mol. The first kappa shape index (κ1) is 8.72. The van der Waals surface area contributed by atoms with Crippen molar-refractivity contribution in [2.24, 2.45) is 0 Å². The van der Waals surface area contributed by atoms with Gasteiger partial charge in [-0.2, -0.15) is 0 Å². The summed E-state index contributed by atoms with van der Waals surface area (Å²) in [6.07, 6.45) is 6.81. The van der Waals surface area contributed by atoms with Gasteiger partial charge in [0.1, 0.15) is 0 Å². The third-order valence-corrected chi connectivity index (χ3v) is 2.68. The van der Waals surface area contributed by atoms with E-state index in [2.05, 4.69) is 18.8 Å². The molecule has 0 amide bonds. The molecule has 1 nitrogen and oxygen atoms in total. The molecule has 1 aromatic rings. The average Bonchev–Trinajstić information content (AvgIpc) is 2.38. The summed E-state index contributed by atoms with van der Waals surface area (Å²) in [4.78, 5) is 5.78. The number of hydrogen-bond donors (Lipinski definition) is 0. The van der Waals surface area contributed by atoms with Crippen LogP contribution < -0.4 is 0 Å². The van der Waals surface area contributed by atoms with Crippen molar-refractivity contribution in [3.05, 3.63) is 16.1 Å². The largest absolute Gasteiger partial charge is 0.249 e. The molecule has 0 saturated heterocycles. The molecule has 1 heterocycles. The van der Waals surface area contributed by atoms with Crippen molar-refractivity contribution in [2.45, 2.75) is 39.5 Å². The Kier molecular flexibility index (Phi) is 3.57. The van der Waals surface area contributed by atoms with Gasteiger partial charge in [0, 0.05) is 11.1 Å². The molecule has 1 aromatic heterocycles. The quantitative estimate of drug-likeness (QED) is 0.675. The van der Waals surface area contributed by atoms with Crippen LogP contribution in [0.1, 0.15) is 36.6 Å². The standard InChI is InChI=1S/C9H15NS/c1-3-5-8-7-10-9(11-8)6-4-2/h7H,3-6H2,1-2H3. The first-order valence-electron chi connectivity index (χ1n) is 4.30. The number of aryl methyl sites for hydroxylation is 2. The second-order valence-corrected chi connectivity index (χ2v) is 3.92. The second kappa shape index (κ2) is 4.50. The van der Waals surface area contributed by atoms with E-state index in [1.54, 1.807) is 0 Å². The summed E-state index contributed by atoms with van der Waals surface area (Å²) in [5, 5.41) is 1.30. The Morgan fingerprint density at radius 1 is 1.27 bits per heavy atom. The molecule has 0 spiro atoms. The lowest BCUT2D eigenvalue weighted by atomic mass is 10.3. The van der Waals surface area contributed by atoms with Crippen molar-refractivity contribution < 1.29 is 0 Å². The molecule has 11 heavy (non-hydrogen) atoms. The Bertz CT molecular complexity index is 185. The topological polar surface area (TPSA) is 12.9 Å². The van der Waals surface area contributed by atoms with Crippen LogP contribution in [-0.2, 0) is 12.8 Å². The molecule has 0 bridgehead atoms. The van der Waals surface area contributed by atoms with Crippen LogP contribution in [0.4, 0.5) is 0 Å². The van der Waals surface area contributed by atoms with Crippen molar-refractivity contribution in [2.75, 3.05) is 0 Å². The van der Waals surface area contributed by atoms with Gasteiger partial charge >= 0.3 is 0 Å². The molecule has 0 radical (unpaired) electrons. The summed E-state index contributed by atoms with van der Waals surface area (Å²) in [6.45, 7) is 4.40. The summed E-state index contributed by atoms with van der Waals surface area (Å²) >= 11 is 1.87. The predicted molar refractivity (Wildman–Crippen MR) is 50.1 cm³/mol. The van der Waals surface area contributed by atoms with Crippen molar-refractivity contribution in [1.29, 1.82) is 0 Å². The zero-order chi connectivity index (χ0) is 8.10. The Morgan fingerprint density at radius 2 is 2.00 bits per heavy atom. The summed E-state index contributed by atoms with van der Waals surface area (Å²) in [7, 11) is 0. The molecule has 0 N–H and O–H groups in total. The van der Waals surface area contributed by atoms with Gasteiger partial charge in [-0.1, -0.05) is 20.3 Å². The lowest BCUT2D eigenvalue weighted by molar-refractivity contribution is 0.906. The molecule has 0 aliphatic heterocycles. The van der Waals surface area contributed by atoms with Gasteiger partial charge in [0.25, 0.3) is 0 Å². The van der Waals surface area contributed by atoms with E-state index in [0.717, 1.165) is 6.42 Å². The maximum absolute atomic E-state index is 4.34. The highest BCUT2D eigenvalue weighted by atomic mass is 32.1. The van der Waals surface area contributed by atoms with Crippen LogP contribution in [-0.4, -0.2) is 4.98 Å². The van der Waals surface area contributed by atoms with Crippen molar-refractivity contribution in [3.63, 3.8) is 0 Å². The first-order chi connectivity index (χ1) is 5.36. The fourth-order valence-electron chi connectivity index (χ4n) is 1.04. The molecule has 62 valence electrons. The molecule has 0 aliphatic carbocycles. The highest BCUT2D eigenvalue weighted by Gasteiger charge is 1.98. The van der Waals surface area contributed by atoms with Crippen molar-refractivity contribution in [3.8, 4) is 0 Å². The van der Waals surface area contributed by atoms with E-state index in [-0.39, 0.29) is 0 Å². The van der Waals surface area contributed by atoms with E-state index in [0.29, 0.717) is 0 Å². The Hall–Kier alpha value is -0.370. The SMILES string of the molecule is CCCc1cnc(CCC)s1. The molecular formula is C9H15NS. The van der Waals surface area contributed by atoms with E-state index in [1.807, 2.05) is 17.5 Å². The zero-order valence-electron chi connectivity index (χ0n) is 7.26. The maximum Gasteiger partial charge on any atom is 0.0927 e. The fourth-order valence-corrected chi connectivity index (χ4v) is 2.17. The lowest BCUT2D eigenvalue weighted by Crippen LogP contribution is -1.76. The molecule has 0 saturated carbocycles. The second-order valence-electron chi connectivity index (χ2n) is 2.72. The monoisotopic (exact) mass is 169 g/mol. The Morgan fingerprint density at radius 3 is 2.64 bits per heavy atom. The van der Waals surface area contributed by atoms with Crippen molar-refractivity contribution in [1.82, 2.24) is 4.98 Å². The number of hydrogen-bond acceptors (Lipinski definition) is 2. The van der Waals surface area contributed by atoms with E-state index in [1.165, 1.54) is 29.1 Å². The molecule has 0 atom stereocenters. The molecule has 2 heteroatoms. The van der Waals surface area contributed by atoms with Crippen LogP contribution in [0.15, 0.2) is 6.20 Å². The Balaban J connectivity index is 2.51. The Labute approximate surface area is 72.5 Å². The third kappa shape index (κ3) is 2.62. The zero-order valence-corrected chi connectivity index (χ0v) is 8.08. The minimum absolute atomic E-state index is 1.15. The van der Waals surface area contributed by atoms with E-state index in [4.69, 9.17) is 0 Å². The third-order valence-electron chi connectivity index (χ3n) is 1.56. The van der Waals surface area contributed by atoms with E-state index in [9.17, 15) is 0 Å². The summed E-state index contributed by atoms with van der Waals surface area (Å²) in [5.74, 6) is 0. The number of rotatable bonds is 4. The van der Waals surface area contributed by atoms with Gasteiger partial charge in [-0.25, -0.2) is 4.98 Å². The fraction of sp³-hybridized carbons (Fsp3) is 0.667. The minimum atomic E-state index is 1.15. The normalized spacial score (nSPS) is 10.4. The van der Waals surface area contributed by atoms with Gasteiger partial charge in [0.2, 0.25) is 0 Å². The summed E-state index contributed by atoms with van der Waals surface area (Å²) in [6, 6.07) is 0.